The van der Waals surface area contributed by atoms with Crippen LogP contribution in [0.2, 0.25) is 0 Å². The van der Waals surface area contributed by atoms with Gasteiger partial charge < -0.3 is 19.7 Å². The first-order chi connectivity index (χ1) is 16.5. The average Bonchev–Trinajstić information content (AvgIpc) is 3.30. The highest BCUT2D eigenvalue weighted by atomic mass is 16.7. The fraction of sp³-hybridized carbons (Fsp3) is 0.286. The zero-order valence-electron chi connectivity index (χ0n) is 19.6. The van der Waals surface area contributed by atoms with Gasteiger partial charge in [0.15, 0.2) is 11.5 Å². The number of hydrogen-bond donors (Lipinski definition) is 1. The molecule has 1 aliphatic rings. The van der Waals surface area contributed by atoms with Crippen LogP contribution in [-0.4, -0.2) is 18.6 Å². The maximum absolute atomic E-state index is 13.0. The van der Waals surface area contributed by atoms with Gasteiger partial charge in [-0.1, -0.05) is 62.4 Å². The summed E-state index contributed by atoms with van der Waals surface area (Å²) in [6, 6.07) is 23.3. The summed E-state index contributed by atoms with van der Waals surface area (Å²) < 4.78 is 10.7. The van der Waals surface area contributed by atoms with Crippen molar-refractivity contribution in [1.29, 1.82) is 0 Å². The molecule has 0 spiro atoms. The Morgan fingerprint density at radius 3 is 2.32 bits per heavy atom. The van der Waals surface area contributed by atoms with E-state index in [1.165, 1.54) is 0 Å². The first-order valence-corrected chi connectivity index (χ1v) is 11.6. The molecule has 0 aromatic heterocycles. The molecule has 6 nitrogen and oxygen atoms in total. The van der Waals surface area contributed by atoms with E-state index in [0.29, 0.717) is 25.3 Å². The summed E-state index contributed by atoms with van der Waals surface area (Å²) in [4.78, 5) is 27.3. The van der Waals surface area contributed by atoms with Gasteiger partial charge in [-0.25, -0.2) is 0 Å². The standard InChI is InChI=1S/C28H30N2O4/c1-20(2)14-28(32)30(18-22-6-4-3-5-7-22)24-11-8-21(9-12-24)16-27(31)29-17-23-10-13-25-26(15-23)34-19-33-25/h3-13,15,20H,14,16-19H2,1-2H3,(H,29,31). The van der Waals surface area contributed by atoms with Gasteiger partial charge in [-0.2, -0.15) is 0 Å². The zero-order valence-corrected chi connectivity index (χ0v) is 19.6. The fourth-order valence-corrected chi connectivity index (χ4v) is 3.84. The van der Waals surface area contributed by atoms with Gasteiger partial charge in [0.25, 0.3) is 0 Å². The number of ether oxygens (including phenoxy) is 2. The van der Waals surface area contributed by atoms with Crippen molar-refractivity contribution in [1.82, 2.24) is 5.32 Å². The Hall–Kier alpha value is -3.80. The summed E-state index contributed by atoms with van der Waals surface area (Å²) in [5, 5.41) is 2.95. The van der Waals surface area contributed by atoms with Gasteiger partial charge in [0.2, 0.25) is 18.6 Å². The number of carbonyl (C=O) groups excluding carboxylic acids is 2. The quantitative estimate of drug-likeness (QED) is 0.498. The van der Waals surface area contributed by atoms with E-state index in [-0.39, 0.29) is 30.9 Å². The maximum Gasteiger partial charge on any atom is 0.231 e. The van der Waals surface area contributed by atoms with Crippen molar-refractivity contribution in [2.45, 2.75) is 39.8 Å². The van der Waals surface area contributed by atoms with Crippen LogP contribution in [0.4, 0.5) is 5.69 Å². The van der Waals surface area contributed by atoms with E-state index in [1.54, 1.807) is 0 Å². The predicted octanol–water partition coefficient (Wildman–Crippen LogP) is 4.85. The van der Waals surface area contributed by atoms with Crippen molar-refractivity contribution >= 4 is 17.5 Å². The highest BCUT2D eigenvalue weighted by molar-refractivity contribution is 5.93. The predicted molar refractivity (Wildman–Crippen MR) is 132 cm³/mol. The van der Waals surface area contributed by atoms with Gasteiger partial charge >= 0.3 is 0 Å². The molecule has 1 aliphatic heterocycles. The maximum atomic E-state index is 13.0. The van der Waals surface area contributed by atoms with Gasteiger partial charge in [-0.15, -0.1) is 0 Å². The van der Waals surface area contributed by atoms with Crippen molar-refractivity contribution < 1.29 is 19.1 Å². The number of fused-ring (bicyclic) bond motifs is 1. The summed E-state index contributed by atoms with van der Waals surface area (Å²) in [5.74, 6) is 1.73. The summed E-state index contributed by atoms with van der Waals surface area (Å²) in [7, 11) is 0. The molecule has 0 saturated heterocycles. The van der Waals surface area contributed by atoms with Crippen LogP contribution >= 0.6 is 0 Å². The second-order valence-electron chi connectivity index (χ2n) is 8.87. The minimum absolute atomic E-state index is 0.0672. The molecule has 0 aliphatic carbocycles. The Balaban J connectivity index is 1.37. The van der Waals surface area contributed by atoms with Crippen LogP contribution < -0.4 is 19.7 Å². The molecule has 176 valence electrons. The van der Waals surface area contributed by atoms with Gasteiger partial charge in [0.1, 0.15) is 0 Å². The molecular weight excluding hydrogens is 428 g/mol. The Morgan fingerprint density at radius 2 is 1.59 bits per heavy atom. The number of benzene rings is 3. The van der Waals surface area contributed by atoms with Gasteiger partial charge in [0.05, 0.1) is 13.0 Å². The summed E-state index contributed by atoms with van der Waals surface area (Å²) in [6.07, 6.45) is 0.750. The lowest BCUT2D eigenvalue weighted by Gasteiger charge is -2.24. The molecule has 0 atom stereocenters. The van der Waals surface area contributed by atoms with Crippen molar-refractivity contribution in [3.05, 3.63) is 89.5 Å². The Kier molecular flexibility index (Phi) is 7.48. The molecule has 0 unspecified atom stereocenters. The van der Waals surface area contributed by atoms with E-state index in [4.69, 9.17) is 9.47 Å². The van der Waals surface area contributed by atoms with E-state index in [2.05, 4.69) is 5.32 Å². The number of hydrogen-bond acceptors (Lipinski definition) is 4. The molecular formula is C28H30N2O4. The van der Waals surface area contributed by atoms with E-state index in [1.807, 2.05) is 91.5 Å². The molecule has 2 amide bonds. The van der Waals surface area contributed by atoms with Crippen LogP contribution in [-0.2, 0) is 29.1 Å². The molecule has 1 N–H and O–H groups in total. The molecule has 0 bridgehead atoms. The molecule has 0 radical (unpaired) electrons. The second-order valence-corrected chi connectivity index (χ2v) is 8.87. The highest BCUT2D eigenvalue weighted by Crippen LogP contribution is 2.32. The third-order valence-corrected chi connectivity index (χ3v) is 5.61. The summed E-state index contributed by atoms with van der Waals surface area (Å²) in [5.41, 5.74) is 3.75. The van der Waals surface area contributed by atoms with E-state index in [0.717, 1.165) is 28.1 Å². The fourth-order valence-electron chi connectivity index (χ4n) is 3.84. The molecule has 0 saturated carbocycles. The van der Waals surface area contributed by atoms with Crippen molar-refractivity contribution in [2.24, 2.45) is 5.92 Å². The number of anilines is 1. The monoisotopic (exact) mass is 458 g/mol. The number of amides is 2. The lowest BCUT2D eigenvalue weighted by Crippen LogP contribution is -2.31. The normalized spacial score (nSPS) is 12.0. The van der Waals surface area contributed by atoms with E-state index < -0.39 is 0 Å². The van der Waals surface area contributed by atoms with Crippen LogP contribution in [0.1, 0.15) is 37.0 Å². The number of carbonyl (C=O) groups is 2. The van der Waals surface area contributed by atoms with Crippen LogP contribution in [0.3, 0.4) is 0 Å². The van der Waals surface area contributed by atoms with Gasteiger partial charge in [0, 0.05) is 18.7 Å². The number of nitrogens with one attached hydrogen (secondary N) is 1. The number of nitrogens with zero attached hydrogens (tertiary/aromatic N) is 1. The first kappa shape index (κ1) is 23.4. The second kappa shape index (κ2) is 10.9. The van der Waals surface area contributed by atoms with Gasteiger partial charge in [-0.05, 0) is 46.9 Å². The van der Waals surface area contributed by atoms with E-state index in [9.17, 15) is 9.59 Å². The Morgan fingerprint density at radius 1 is 0.882 bits per heavy atom. The minimum Gasteiger partial charge on any atom is -0.454 e. The lowest BCUT2D eigenvalue weighted by molar-refractivity contribution is -0.121. The molecule has 34 heavy (non-hydrogen) atoms. The van der Waals surface area contributed by atoms with Crippen LogP contribution in [0.15, 0.2) is 72.8 Å². The summed E-state index contributed by atoms with van der Waals surface area (Å²) in [6.45, 7) is 5.25. The average molecular weight is 459 g/mol. The molecule has 6 heteroatoms. The largest absolute Gasteiger partial charge is 0.454 e. The molecule has 4 rings (SSSR count). The first-order valence-electron chi connectivity index (χ1n) is 11.6. The summed E-state index contributed by atoms with van der Waals surface area (Å²) >= 11 is 0. The highest BCUT2D eigenvalue weighted by Gasteiger charge is 2.18. The smallest absolute Gasteiger partial charge is 0.231 e. The third kappa shape index (κ3) is 6.16. The Labute approximate surface area is 200 Å². The lowest BCUT2D eigenvalue weighted by atomic mass is 10.1. The Bertz CT molecular complexity index is 1130. The third-order valence-electron chi connectivity index (χ3n) is 5.61. The van der Waals surface area contributed by atoms with Crippen LogP contribution in [0.25, 0.3) is 0 Å². The van der Waals surface area contributed by atoms with Crippen LogP contribution in [0.5, 0.6) is 11.5 Å². The zero-order chi connectivity index (χ0) is 23.9. The van der Waals surface area contributed by atoms with Gasteiger partial charge in [-0.3, -0.25) is 9.59 Å². The number of rotatable bonds is 9. The van der Waals surface area contributed by atoms with Crippen molar-refractivity contribution in [3.63, 3.8) is 0 Å². The molecule has 3 aromatic carbocycles. The van der Waals surface area contributed by atoms with E-state index >= 15 is 0 Å². The van der Waals surface area contributed by atoms with Crippen molar-refractivity contribution in [3.8, 4) is 11.5 Å². The van der Waals surface area contributed by atoms with Crippen molar-refractivity contribution in [2.75, 3.05) is 11.7 Å². The molecule has 3 aromatic rings. The molecule has 1 heterocycles. The SMILES string of the molecule is CC(C)CC(=O)N(Cc1ccccc1)c1ccc(CC(=O)NCc2ccc3c(c2)OCO3)cc1. The minimum atomic E-state index is -0.0672. The van der Waals surface area contributed by atoms with Crippen LogP contribution in [0, 0.1) is 5.92 Å². The topological polar surface area (TPSA) is 67.9 Å². The molecule has 0 fully saturated rings.